The molecule has 0 aromatic heterocycles. The smallest absolute Gasteiger partial charge is 0.487 e. The van der Waals surface area contributed by atoms with Gasteiger partial charge in [-0.1, -0.05) is 6.07 Å². The number of aromatic carboxylic acids is 1. The van der Waals surface area contributed by atoms with Crippen LogP contribution in [0.1, 0.15) is 56.0 Å². The third-order valence-electron chi connectivity index (χ3n) is 5.22. The Morgan fingerprint density at radius 1 is 1.17 bits per heavy atom. The van der Waals surface area contributed by atoms with Crippen LogP contribution < -0.4 is 44.7 Å². The Balaban J connectivity index is 0.00000105. The molecule has 36 heavy (non-hydrogen) atoms. The molecule has 0 atom stereocenters. The number of aldehydes is 1. The fourth-order valence-electron chi connectivity index (χ4n) is 3.51. The van der Waals surface area contributed by atoms with Gasteiger partial charge < -0.3 is 34.7 Å². The second kappa shape index (κ2) is 15.6. The van der Waals surface area contributed by atoms with Gasteiger partial charge in [-0.15, -0.1) is 6.07 Å². The fraction of sp³-hybridized carbons (Fsp3) is 0.560. The van der Waals surface area contributed by atoms with E-state index in [0.29, 0.717) is 51.0 Å². The normalized spacial score (nSPS) is 12.9. The fourth-order valence-corrected chi connectivity index (χ4v) is 3.51. The summed E-state index contributed by atoms with van der Waals surface area (Å²) in [5.41, 5.74) is 1.89. The standard InChI is InChI=1S/C19H28N3O4.C6H11NO2.Na/c1-13-14(17(23)24)7-8-15(16(13)20(5)6)21-9-11-22(12-10-21)18(25)26-19(2,3)4;1-7-6(9)4-2-3-5-8;/h7-8H,1,9-12H2,2-6H3,(H,23,24);5H,2-4H2,1H3,(H,7,9);/q-1;;+1. The van der Waals surface area contributed by atoms with Gasteiger partial charge >= 0.3 is 35.7 Å². The van der Waals surface area contributed by atoms with Gasteiger partial charge in [0.1, 0.15) is 11.9 Å². The molecule has 2 rings (SSSR count). The molecule has 1 saturated heterocycles. The summed E-state index contributed by atoms with van der Waals surface area (Å²) >= 11 is 0. The van der Waals surface area contributed by atoms with Crippen LogP contribution in [0.5, 0.6) is 0 Å². The van der Waals surface area contributed by atoms with E-state index in [9.17, 15) is 24.3 Å². The zero-order valence-corrected chi connectivity index (χ0v) is 24.7. The molecule has 11 heteroatoms. The SMILES string of the molecule is CNC(=O)CCCC=O.[CH2-]c1c(C(=O)O)ccc(N2CCN(C(=O)OC(C)(C)C)CC2)c1N(C)C.[Na+]. The minimum absolute atomic E-state index is 0. The van der Waals surface area contributed by atoms with Crippen LogP contribution in [0, 0.1) is 6.92 Å². The number of piperazine rings is 1. The number of carbonyl (C=O) groups excluding carboxylic acids is 3. The van der Waals surface area contributed by atoms with Gasteiger partial charge in [-0.25, -0.2) is 4.79 Å². The molecule has 0 radical (unpaired) electrons. The summed E-state index contributed by atoms with van der Waals surface area (Å²) in [6.07, 6.45) is 2.11. The summed E-state index contributed by atoms with van der Waals surface area (Å²) in [5, 5.41) is 11.8. The topological polar surface area (TPSA) is 119 Å². The van der Waals surface area contributed by atoms with Crippen LogP contribution in [0.25, 0.3) is 0 Å². The first kappa shape index (κ1) is 33.6. The first-order valence-electron chi connectivity index (χ1n) is 11.6. The average Bonchev–Trinajstić information content (AvgIpc) is 2.77. The van der Waals surface area contributed by atoms with Crippen molar-refractivity contribution in [3.63, 3.8) is 0 Å². The zero-order chi connectivity index (χ0) is 26.8. The molecule has 2 N–H and O–H groups in total. The second-order valence-corrected chi connectivity index (χ2v) is 9.35. The number of nitrogens with one attached hydrogen (secondary N) is 1. The van der Waals surface area contributed by atoms with Crippen molar-refractivity contribution in [2.24, 2.45) is 0 Å². The molecule has 1 aliphatic rings. The summed E-state index contributed by atoms with van der Waals surface area (Å²) in [4.78, 5) is 49.5. The quantitative estimate of drug-likeness (QED) is 0.222. The first-order chi connectivity index (χ1) is 16.3. The van der Waals surface area contributed by atoms with E-state index in [1.807, 2.05) is 45.8 Å². The number of amides is 2. The third-order valence-corrected chi connectivity index (χ3v) is 5.22. The number of carboxylic acid groups (broad SMARTS) is 1. The van der Waals surface area contributed by atoms with Crippen LogP contribution in [-0.4, -0.2) is 87.2 Å². The number of unbranched alkanes of at least 4 members (excludes halogenated alkanes) is 1. The van der Waals surface area contributed by atoms with E-state index in [1.54, 1.807) is 18.0 Å². The molecule has 1 aromatic rings. The summed E-state index contributed by atoms with van der Waals surface area (Å²) in [7, 11) is 5.33. The van der Waals surface area contributed by atoms with Gasteiger partial charge in [-0.3, -0.25) is 9.59 Å². The predicted molar refractivity (Wildman–Crippen MR) is 136 cm³/mol. The van der Waals surface area contributed by atoms with E-state index >= 15 is 0 Å². The average molecular weight is 515 g/mol. The maximum atomic E-state index is 12.2. The molecule has 1 fully saturated rings. The Labute approximate surface area is 236 Å². The molecule has 0 spiro atoms. The summed E-state index contributed by atoms with van der Waals surface area (Å²) in [5.74, 6) is -0.990. The van der Waals surface area contributed by atoms with Crippen LogP contribution in [0.3, 0.4) is 0 Å². The maximum absolute atomic E-state index is 12.2. The number of hydrogen-bond acceptors (Lipinski definition) is 7. The minimum atomic E-state index is -0.987. The van der Waals surface area contributed by atoms with Gasteiger partial charge in [0.25, 0.3) is 5.97 Å². The van der Waals surface area contributed by atoms with Gasteiger partial charge in [0.05, 0.1) is 0 Å². The number of anilines is 2. The van der Waals surface area contributed by atoms with E-state index in [1.165, 1.54) is 0 Å². The van der Waals surface area contributed by atoms with E-state index in [0.717, 1.165) is 17.7 Å². The Morgan fingerprint density at radius 3 is 2.19 bits per heavy atom. The van der Waals surface area contributed by atoms with Gasteiger partial charge in [-0.05, 0) is 52.5 Å². The van der Waals surface area contributed by atoms with E-state index < -0.39 is 11.6 Å². The van der Waals surface area contributed by atoms with Crippen LogP contribution >= 0.6 is 0 Å². The monoisotopic (exact) mass is 514 g/mol. The molecule has 10 nitrogen and oxygen atoms in total. The van der Waals surface area contributed by atoms with Gasteiger partial charge in [-0.2, -0.15) is 12.5 Å². The van der Waals surface area contributed by atoms with Crippen molar-refractivity contribution in [3.05, 3.63) is 30.2 Å². The molecule has 1 heterocycles. The molecule has 1 aliphatic heterocycles. The summed E-state index contributed by atoms with van der Waals surface area (Å²) in [6, 6.07) is 3.41. The Hall–Kier alpha value is -2.43. The van der Waals surface area contributed by atoms with Crippen molar-refractivity contribution in [1.82, 2.24) is 10.2 Å². The van der Waals surface area contributed by atoms with Gasteiger partial charge in [0.15, 0.2) is 0 Å². The molecule has 1 aromatic carbocycles. The summed E-state index contributed by atoms with van der Waals surface area (Å²) in [6.45, 7) is 11.9. The molecule has 0 unspecified atom stereocenters. The third kappa shape index (κ3) is 10.7. The Kier molecular flexibility index (Phi) is 14.6. The minimum Gasteiger partial charge on any atom is -0.487 e. The molecular weight excluding hydrogens is 475 g/mol. The zero-order valence-electron chi connectivity index (χ0n) is 22.7. The van der Waals surface area contributed by atoms with Crippen molar-refractivity contribution < 1.29 is 58.6 Å². The van der Waals surface area contributed by atoms with Crippen LogP contribution in [0.4, 0.5) is 16.2 Å². The van der Waals surface area contributed by atoms with Crippen LogP contribution in [0.15, 0.2) is 12.1 Å². The van der Waals surface area contributed by atoms with Gasteiger partial charge in [0.2, 0.25) is 5.91 Å². The van der Waals surface area contributed by atoms with Crippen molar-refractivity contribution in [2.45, 2.75) is 45.6 Å². The number of rotatable bonds is 7. The second-order valence-electron chi connectivity index (χ2n) is 9.35. The van der Waals surface area contributed by atoms with Crippen molar-refractivity contribution in [1.29, 1.82) is 0 Å². The van der Waals surface area contributed by atoms with Crippen LogP contribution in [-0.2, 0) is 14.3 Å². The number of nitrogens with zero attached hydrogens (tertiary/aromatic N) is 3. The molecular formula is C25H39N4NaO6. The van der Waals surface area contributed by atoms with Crippen molar-refractivity contribution >= 4 is 35.6 Å². The largest absolute Gasteiger partial charge is 1.00 e. The number of carboxylic acids is 1. The van der Waals surface area contributed by atoms with Crippen molar-refractivity contribution in [2.75, 3.05) is 57.1 Å². The Morgan fingerprint density at radius 2 is 1.75 bits per heavy atom. The van der Waals surface area contributed by atoms with E-state index in [-0.39, 0.29) is 47.1 Å². The van der Waals surface area contributed by atoms with Crippen molar-refractivity contribution in [3.8, 4) is 0 Å². The molecule has 2 amide bonds. The van der Waals surface area contributed by atoms with Crippen LogP contribution in [0.2, 0.25) is 0 Å². The molecule has 0 saturated carbocycles. The maximum Gasteiger partial charge on any atom is 1.00 e. The molecule has 0 aliphatic carbocycles. The number of carbonyl (C=O) groups is 4. The number of ether oxygens (including phenoxy) is 1. The Bertz CT molecular complexity index is 893. The van der Waals surface area contributed by atoms with E-state index in [2.05, 4.69) is 17.1 Å². The summed E-state index contributed by atoms with van der Waals surface area (Å²) < 4.78 is 5.43. The number of benzene rings is 1. The van der Waals surface area contributed by atoms with E-state index in [4.69, 9.17) is 4.74 Å². The molecule has 0 bridgehead atoms. The van der Waals surface area contributed by atoms with Gasteiger partial charge in [0, 0.05) is 51.8 Å². The first-order valence-corrected chi connectivity index (χ1v) is 11.6. The molecule has 196 valence electrons. The predicted octanol–water partition coefficient (Wildman–Crippen LogP) is -0.204. The number of hydrogen-bond donors (Lipinski definition) is 2.